The number of nitro groups is 1. The van der Waals surface area contributed by atoms with Crippen molar-refractivity contribution in [3.63, 3.8) is 0 Å². The Morgan fingerprint density at radius 2 is 2.10 bits per heavy atom. The van der Waals surface area contributed by atoms with Crippen LogP contribution in [0.2, 0.25) is 0 Å². The lowest BCUT2D eigenvalue weighted by Crippen LogP contribution is -2.36. The minimum Gasteiger partial charge on any atom is -0.391 e. The summed E-state index contributed by atoms with van der Waals surface area (Å²) in [5.41, 5.74) is 1.07. The highest BCUT2D eigenvalue weighted by Crippen LogP contribution is 2.34. The Morgan fingerprint density at radius 3 is 2.86 bits per heavy atom. The van der Waals surface area contributed by atoms with Gasteiger partial charge in [-0.25, -0.2) is 0 Å². The van der Waals surface area contributed by atoms with Crippen LogP contribution >= 0.6 is 0 Å². The average Bonchev–Trinajstić information content (AvgIpc) is 2.49. The fraction of sp³-hybridized carbons (Fsp3) is 0.400. The monoisotopic (exact) mass is 287 g/mol. The molecule has 0 amide bonds. The molecule has 0 radical (unpaired) electrons. The first-order chi connectivity index (χ1) is 10.2. The number of nitrogens with one attached hydrogen (secondary N) is 1. The van der Waals surface area contributed by atoms with E-state index in [9.17, 15) is 15.2 Å². The van der Waals surface area contributed by atoms with Gasteiger partial charge in [0.2, 0.25) is 0 Å². The van der Waals surface area contributed by atoms with E-state index in [1.54, 1.807) is 30.5 Å². The third-order valence-electron chi connectivity index (χ3n) is 4.01. The van der Waals surface area contributed by atoms with Gasteiger partial charge in [-0.3, -0.25) is 15.1 Å². The predicted molar refractivity (Wildman–Crippen MR) is 80.3 cm³/mol. The maximum Gasteiger partial charge on any atom is 0.301 e. The number of aromatic nitrogens is 1. The summed E-state index contributed by atoms with van der Waals surface area (Å²) in [6.07, 6.45) is 4.75. The number of hydrogen-bond donors (Lipinski definition) is 2. The van der Waals surface area contributed by atoms with E-state index in [-0.39, 0.29) is 16.7 Å². The summed E-state index contributed by atoms with van der Waals surface area (Å²) < 4.78 is 0. The van der Waals surface area contributed by atoms with Crippen molar-refractivity contribution in [3.05, 3.63) is 40.6 Å². The van der Waals surface area contributed by atoms with Crippen LogP contribution in [0.1, 0.15) is 25.7 Å². The van der Waals surface area contributed by atoms with Crippen molar-refractivity contribution in [3.8, 4) is 0 Å². The van der Waals surface area contributed by atoms with Crippen LogP contribution in [-0.4, -0.2) is 27.2 Å². The van der Waals surface area contributed by atoms with Crippen molar-refractivity contribution in [2.24, 2.45) is 0 Å². The van der Waals surface area contributed by atoms with Crippen molar-refractivity contribution in [2.45, 2.75) is 37.8 Å². The minimum atomic E-state index is -0.456. The molecule has 1 aliphatic rings. The number of rotatable bonds is 3. The molecule has 110 valence electrons. The second-order valence-corrected chi connectivity index (χ2v) is 5.39. The molecule has 2 unspecified atom stereocenters. The molecule has 21 heavy (non-hydrogen) atoms. The lowest BCUT2D eigenvalue weighted by atomic mass is 9.92. The molecule has 2 N–H and O–H groups in total. The summed E-state index contributed by atoms with van der Waals surface area (Å²) >= 11 is 0. The van der Waals surface area contributed by atoms with Crippen molar-refractivity contribution >= 4 is 22.3 Å². The van der Waals surface area contributed by atoms with Crippen molar-refractivity contribution in [2.75, 3.05) is 5.32 Å². The maximum absolute atomic E-state index is 11.4. The average molecular weight is 287 g/mol. The summed E-state index contributed by atoms with van der Waals surface area (Å²) in [5.74, 6) is 0. The fourth-order valence-corrected chi connectivity index (χ4v) is 2.93. The molecule has 1 heterocycles. The van der Waals surface area contributed by atoms with Crippen LogP contribution in [-0.2, 0) is 0 Å². The molecule has 0 saturated heterocycles. The van der Waals surface area contributed by atoms with E-state index in [0.717, 1.165) is 25.7 Å². The van der Waals surface area contributed by atoms with Crippen molar-refractivity contribution in [1.82, 2.24) is 4.98 Å². The van der Waals surface area contributed by atoms with E-state index in [1.165, 1.54) is 0 Å². The Labute approximate surface area is 122 Å². The van der Waals surface area contributed by atoms with Crippen LogP contribution in [0.25, 0.3) is 10.9 Å². The zero-order valence-electron chi connectivity index (χ0n) is 11.5. The van der Waals surface area contributed by atoms with Gasteiger partial charge in [0.25, 0.3) is 0 Å². The van der Waals surface area contributed by atoms with Gasteiger partial charge in [-0.15, -0.1) is 0 Å². The molecule has 1 fully saturated rings. The van der Waals surface area contributed by atoms with Crippen LogP contribution in [0.3, 0.4) is 0 Å². The summed E-state index contributed by atoms with van der Waals surface area (Å²) in [4.78, 5) is 15.2. The molecule has 6 nitrogen and oxygen atoms in total. The Kier molecular flexibility index (Phi) is 3.70. The number of aliphatic hydroxyl groups excluding tert-OH is 1. The maximum atomic E-state index is 11.4. The van der Waals surface area contributed by atoms with E-state index in [2.05, 4.69) is 10.3 Å². The van der Waals surface area contributed by atoms with Gasteiger partial charge in [0.1, 0.15) is 5.69 Å². The molecule has 1 aromatic heterocycles. The van der Waals surface area contributed by atoms with Gasteiger partial charge >= 0.3 is 5.69 Å². The van der Waals surface area contributed by atoms with E-state index < -0.39 is 6.10 Å². The molecule has 0 spiro atoms. The molecule has 0 aliphatic heterocycles. The number of anilines is 1. The summed E-state index contributed by atoms with van der Waals surface area (Å²) in [6, 6.07) is 6.69. The zero-order chi connectivity index (χ0) is 14.8. The van der Waals surface area contributed by atoms with Crippen molar-refractivity contribution < 1.29 is 10.0 Å². The van der Waals surface area contributed by atoms with Gasteiger partial charge in [0.15, 0.2) is 0 Å². The number of fused-ring (bicyclic) bond motifs is 1. The standard InChI is InChI=1S/C15H17N3O3/c19-14-6-2-1-5-12(14)17-13-8-7-11-10(4-3-9-16-11)15(13)18(20)21/h3-4,7-9,12,14,17,19H,1-2,5-6H2. The quantitative estimate of drug-likeness (QED) is 0.669. The molecular weight excluding hydrogens is 270 g/mol. The summed E-state index contributed by atoms with van der Waals surface area (Å²) in [5, 5.41) is 25.1. The number of hydrogen-bond acceptors (Lipinski definition) is 5. The van der Waals surface area contributed by atoms with Crippen LogP contribution in [0.4, 0.5) is 11.4 Å². The second kappa shape index (κ2) is 5.65. The van der Waals surface area contributed by atoms with Gasteiger partial charge < -0.3 is 10.4 Å². The SMILES string of the molecule is O=[N+]([O-])c1c(NC2CCCCC2O)ccc2ncccc12. The normalized spacial score (nSPS) is 22.1. The molecule has 2 aromatic rings. The van der Waals surface area contributed by atoms with Gasteiger partial charge in [-0.05, 0) is 37.1 Å². The highest BCUT2D eigenvalue weighted by Gasteiger charge is 2.26. The number of nitrogens with zero attached hydrogens (tertiary/aromatic N) is 2. The highest BCUT2D eigenvalue weighted by atomic mass is 16.6. The number of pyridine rings is 1. The molecular formula is C15H17N3O3. The molecule has 1 aromatic carbocycles. The molecule has 3 rings (SSSR count). The van der Waals surface area contributed by atoms with Crippen LogP contribution in [0, 0.1) is 10.1 Å². The highest BCUT2D eigenvalue weighted by molar-refractivity contribution is 5.94. The van der Waals surface area contributed by atoms with Crippen LogP contribution < -0.4 is 5.32 Å². The largest absolute Gasteiger partial charge is 0.391 e. The molecule has 1 aliphatic carbocycles. The van der Waals surface area contributed by atoms with E-state index in [0.29, 0.717) is 16.6 Å². The lowest BCUT2D eigenvalue weighted by Gasteiger charge is -2.29. The Balaban J connectivity index is 2.01. The first-order valence-corrected chi connectivity index (χ1v) is 7.13. The Morgan fingerprint density at radius 1 is 1.29 bits per heavy atom. The van der Waals surface area contributed by atoms with E-state index >= 15 is 0 Å². The van der Waals surface area contributed by atoms with Gasteiger partial charge in [-0.1, -0.05) is 12.8 Å². The molecule has 6 heteroatoms. The minimum absolute atomic E-state index is 0.0263. The Hall–Kier alpha value is -2.21. The van der Waals surface area contributed by atoms with Gasteiger partial charge in [-0.2, -0.15) is 0 Å². The van der Waals surface area contributed by atoms with E-state index in [4.69, 9.17) is 0 Å². The Bertz CT molecular complexity index is 674. The zero-order valence-corrected chi connectivity index (χ0v) is 11.5. The third kappa shape index (κ3) is 2.67. The summed E-state index contributed by atoms with van der Waals surface area (Å²) in [6.45, 7) is 0. The molecule has 1 saturated carbocycles. The smallest absolute Gasteiger partial charge is 0.301 e. The lowest BCUT2D eigenvalue weighted by molar-refractivity contribution is -0.382. The number of aliphatic hydroxyl groups is 1. The van der Waals surface area contributed by atoms with Crippen molar-refractivity contribution in [1.29, 1.82) is 0 Å². The van der Waals surface area contributed by atoms with Crippen LogP contribution in [0.5, 0.6) is 0 Å². The molecule has 2 atom stereocenters. The number of nitro benzene ring substituents is 1. The first-order valence-electron chi connectivity index (χ1n) is 7.13. The fourth-order valence-electron chi connectivity index (χ4n) is 2.93. The summed E-state index contributed by atoms with van der Waals surface area (Å²) in [7, 11) is 0. The topological polar surface area (TPSA) is 88.3 Å². The van der Waals surface area contributed by atoms with Gasteiger partial charge in [0, 0.05) is 6.20 Å². The predicted octanol–water partition coefficient (Wildman–Crippen LogP) is 2.86. The first kappa shape index (κ1) is 13.8. The van der Waals surface area contributed by atoms with Crippen LogP contribution in [0.15, 0.2) is 30.5 Å². The van der Waals surface area contributed by atoms with E-state index in [1.807, 2.05) is 0 Å². The second-order valence-electron chi connectivity index (χ2n) is 5.39. The third-order valence-corrected chi connectivity index (χ3v) is 4.01. The van der Waals surface area contributed by atoms with Gasteiger partial charge in [0.05, 0.1) is 28.0 Å². The number of benzene rings is 1. The molecule has 0 bridgehead atoms.